The number of nitrogens with two attached hydrogens (primary N) is 1. The molecule has 0 saturated carbocycles. The van der Waals surface area contributed by atoms with Crippen LogP contribution in [0.15, 0.2) is 47.6 Å². The molecule has 8 nitrogen and oxygen atoms in total. The minimum absolute atomic E-state index is 0.0997. The van der Waals surface area contributed by atoms with Crippen LogP contribution in [0.2, 0.25) is 5.02 Å². The Morgan fingerprint density at radius 2 is 2.00 bits per heavy atom. The number of ether oxygens (including phenoxy) is 1. The van der Waals surface area contributed by atoms with E-state index in [0.29, 0.717) is 34.0 Å². The minimum Gasteiger partial charge on any atom is -0.486 e. The number of thioether (sulfide) groups is 1. The van der Waals surface area contributed by atoms with E-state index in [4.69, 9.17) is 22.1 Å². The Morgan fingerprint density at radius 1 is 1.23 bits per heavy atom. The van der Waals surface area contributed by atoms with Crippen molar-refractivity contribution < 1.29 is 14.3 Å². The van der Waals surface area contributed by atoms with Crippen molar-refractivity contribution in [1.29, 1.82) is 0 Å². The molecule has 3 rings (SSSR count). The molecule has 0 bridgehead atoms. The summed E-state index contributed by atoms with van der Waals surface area (Å²) in [4.78, 5) is 23.9. The number of rotatable bonds is 9. The van der Waals surface area contributed by atoms with E-state index in [1.807, 2.05) is 24.5 Å². The second kappa shape index (κ2) is 10.3. The number of halogens is 1. The van der Waals surface area contributed by atoms with E-state index in [9.17, 15) is 9.59 Å². The highest BCUT2D eigenvalue weighted by Gasteiger charge is 2.15. The van der Waals surface area contributed by atoms with E-state index in [0.717, 1.165) is 5.56 Å². The van der Waals surface area contributed by atoms with Gasteiger partial charge in [-0.2, -0.15) is 0 Å². The van der Waals surface area contributed by atoms with Gasteiger partial charge in [-0.3, -0.25) is 9.59 Å². The van der Waals surface area contributed by atoms with E-state index in [2.05, 4.69) is 15.5 Å². The summed E-state index contributed by atoms with van der Waals surface area (Å²) >= 11 is 7.29. The van der Waals surface area contributed by atoms with Gasteiger partial charge in [-0.1, -0.05) is 35.5 Å². The van der Waals surface area contributed by atoms with Crippen LogP contribution in [0.5, 0.6) is 5.75 Å². The number of hydrogen-bond acceptors (Lipinski definition) is 6. The first-order valence-corrected chi connectivity index (χ1v) is 10.9. The monoisotopic (exact) mass is 459 g/mol. The van der Waals surface area contributed by atoms with Crippen LogP contribution in [-0.4, -0.2) is 32.3 Å². The molecule has 10 heteroatoms. The van der Waals surface area contributed by atoms with Crippen molar-refractivity contribution in [3.8, 4) is 5.75 Å². The number of aryl methyl sites for hydroxylation is 1. The number of carbonyl (C=O) groups excluding carboxylic acids is 2. The molecule has 0 unspecified atom stereocenters. The second-order valence-corrected chi connectivity index (χ2v) is 7.94. The molecule has 162 valence electrons. The van der Waals surface area contributed by atoms with Gasteiger partial charge in [0.05, 0.1) is 17.0 Å². The normalized spacial score (nSPS) is 10.7. The summed E-state index contributed by atoms with van der Waals surface area (Å²) in [6.07, 6.45) is 0. The van der Waals surface area contributed by atoms with Gasteiger partial charge in [0, 0.05) is 11.6 Å². The molecular weight excluding hydrogens is 438 g/mol. The number of benzene rings is 2. The molecule has 0 aliphatic heterocycles. The Kier molecular flexibility index (Phi) is 7.54. The molecule has 2 amide bonds. The molecule has 31 heavy (non-hydrogen) atoms. The van der Waals surface area contributed by atoms with Crippen LogP contribution in [0.25, 0.3) is 0 Å². The van der Waals surface area contributed by atoms with E-state index >= 15 is 0 Å². The summed E-state index contributed by atoms with van der Waals surface area (Å²) in [5, 5.41) is 12.4. The number of aromatic nitrogens is 3. The first-order chi connectivity index (χ1) is 14.9. The zero-order valence-corrected chi connectivity index (χ0v) is 18.7. The highest BCUT2D eigenvalue weighted by Crippen LogP contribution is 2.23. The molecule has 0 atom stereocenters. The van der Waals surface area contributed by atoms with Crippen molar-refractivity contribution in [3.63, 3.8) is 0 Å². The Bertz CT molecular complexity index is 1100. The van der Waals surface area contributed by atoms with Gasteiger partial charge in [-0.15, -0.1) is 10.2 Å². The van der Waals surface area contributed by atoms with E-state index in [1.54, 1.807) is 36.4 Å². The third-order valence-electron chi connectivity index (χ3n) is 4.41. The number of anilines is 1. The number of amides is 2. The van der Waals surface area contributed by atoms with Crippen molar-refractivity contribution in [2.45, 2.75) is 32.2 Å². The molecule has 2 aromatic carbocycles. The summed E-state index contributed by atoms with van der Waals surface area (Å²) < 4.78 is 7.70. The number of nitrogens with zero attached hydrogens (tertiary/aromatic N) is 3. The van der Waals surface area contributed by atoms with Crippen molar-refractivity contribution >= 4 is 40.9 Å². The van der Waals surface area contributed by atoms with E-state index < -0.39 is 5.91 Å². The summed E-state index contributed by atoms with van der Waals surface area (Å²) in [5.74, 6) is 0.558. The first kappa shape index (κ1) is 22.6. The van der Waals surface area contributed by atoms with Crippen LogP contribution in [-0.2, 0) is 17.9 Å². The van der Waals surface area contributed by atoms with Crippen molar-refractivity contribution in [1.82, 2.24) is 14.8 Å². The molecule has 0 saturated heterocycles. The Hall–Kier alpha value is -3.04. The first-order valence-electron chi connectivity index (χ1n) is 9.51. The molecule has 3 N–H and O–H groups in total. The molecule has 1 aromatic heterocycles. The SMILES string of the molecule is CCn1c(COc2ccc(Cl)c(C)c2)nnc1SCC(=O)Nc1ccccc1C(N)=O. The van der Waals surface area contributed by atoms with Gasteiger partial charge in [-0.25, -0.2) is 0 Å². The Morgan fingerprint density at radius 3 is 2.71 bits per heavy atom. The van der Waals surface area contributed by atoms with Gasteiger partial charge in [0.1, 0.15) is 12.4 Å². The van der Waals surface area contributed by atoms with Gasteiger partial charge >= 0.3 is 0 Å². The zero-order valence-electron chi connectivity index (χ0n) is 17.1. The minimum atomic E-state index is -0.602. The Balaban J connectivity index is 1.61. The van der Waals surface area contributed by atoms with Gasteiger partial charge in [0.2, 0.25) is 5.91 Å². The lowest BCUT2D eigenvalue weighted by molar-refractivity contribution is -0.113. The van der Waals surface area contributed by atoms with Crippen LogP contribution in [0.3, 0.4) is 0 Å². The maximum absolute atomic E-state index is 12.4. The number of nitrogens with one attached hydrogen (secondary N) is 1. The van der Waals surface area contributed by atoms with Crippen LogP contribution in [0.4, 0.5) is 5.69 Å². The van der Waals surface area contributed by atoms with E-state index in [1.165, 1.54) is 11.8 Å². The maximum atomic E-state index is 12.4. The topological polar surface area (TPSA) is 112 Å². The highest BCUT2D eigenvalue weighted by atomic mass is 35.5. The number of carbonyl (C=O) groups is 2. The average Bonchev–Trinajstić information content (AvgIpc) is 3.15. The van der Waals surface area contributed by atoms with Crippen LogP contribution >= 0.6 is 23.4 Å². The molecule has 0 aliphatic carbocycles. The molecule has 0 fully saturated rings. The van der Waals surface area contributed by atoms with Gasteiger partial charge in [-0.05, 0) is 49.7 Å². The van der Waals surface area contributed by atoms with Crippen LogP contribution < -0.4 is 15.8 Å². The molecule has 0 aliphatic rings. The lowest BCUT2D eigenvalue weighted by atomic mass is 10.1. The zero-order chi connectivity index (χ0) is 22.4. The van der Waals surface area contributed by atoms with E-state index in [-0.39, 0.29) is 23.8 Å². The fraction of sp³-hybridized carbons (Fsp3) is 0.238. The number of primary amides is 1. The van der Waals surface area contributed by atoms with Crippen LogP contribution in [0.1, 0.15) is 28.7 Å². The van der Waals surface area contributed by atoms with Gasteiger partial charge in [0.25, 0.3) is 5.91 Å². The second-order valence-electron chi connectivity index (χ2n) is 6.59. The molecule has 1 heterocycles. The summed E-state index contributed by atoms with van der Waals surface area (Å²) in [6, 6.07) is 12.0. The van der Waals surface area contributed by atoms with Crippen LogP contribution in [0, 0.1) is 6.92 Å². The average molecular weight is 460 g/mol. The van der Waals surface area contributed by atoms with Gasteiger partial charge < -0.3 is 20.4 Å². The number of para-hydroxylation sites is 1. The third-order valence-corrected chi connectivity index (χ3v) is 5.80. The molecule has 0 radical (unpaired) electrons. The maximum Gasteiger partial charge on any atom is 0.250 e. The Labute approximate surface area is 189 Å². The fourth-order valence-corrected chi connectivity index (χ4v) is 3.77. The smallest absolute Gasteiger partial charge is 0.250 e. The molecule has 3 aromatic rings. The summed E-state index contributed by atoms with van der Waals surface area (Å²) in [6.45, 7) is 4.73. The van der Waals surface area contributed by atoms with Gasteiger partial charge in [0.15, 0.2) is 11.0 Å². The lowest BCUT2D eigenvalue weighted by Crippen LogP contribution is -2.19. The predicted octanol–water partition coefficient (Wildman–Crippen LogP) is 3.67. The fourth-order valence-electron chi connectivity index (χ4n) is 2.83. The molecule has 0 spiro atoms. The van der Waals surface area contributed by atoms with Crippen molar-refractivity contribution in [2.75, 3.05) is 11.1 Å². The largest absolute Gasteiger partial charge is 0.486 e. The highest BCUT2D eigenvalue weighted by molar-refractivity contribution is 7.99. The molecular formula is C21H22ClN5O3S. The quantitative estimate of drug-likeness (QED) is 0.472. The van der Waals surface area contributed by atoms with Crippen molar-refractivity contribution in [2.24, 2.45) is 5.73 Å². The third kappa shape index (κ3) is 5.77. The predicted molar refractivity (Wildman–Crippen MR) is 121 cm³/mol. The number of hydrogen-bond donors (Lipinski definition) is 2. The lowest BCUT2D eigenvalue weighted by Gasteiger charge is -2.10. The summed E-state index contributed by atoms with van der Waals surface area (Å²) in [5.41, 5.74) is 6.91. The standard InChI is InChI=1S/C21H22ClN5O3S/c1-3-27-18(11-30-14-8-9-16(22)13(2)10-14)25-26-21(27)31-12-19(28)24-17-7-5-4-6-15(17)20(23)29/h4-10H,3,11-12H2,1-2H3,(H2,23,29)(H,24,28). The van der Waals surface area contributed by atoms with Crippen molar-refractivity contribution in [3.05, 3.63) is 64.4 Å². The summed E-state index contributed by atoms with van der Waals surface area (Å²) in [7, 11) is 0.